The van der Waals surface area contributed by atoms with Crippen LogP contribution < -0.4 is 5.32 Å². The van der Waals surface area contributed by atoms with Crippen molar-refractivity contribution in [2.75, 3.05) is 6.61 Å². The summed E-state index contributed by atoms with van der Waals surface area (Å²) in [5.41, 5.74) is -0.217. The standard InChI is InChI=1S/C8H11NO3/c10-6-7(11)12-5-8(9-6)3-1-2-4-8/h1-5H2,(H,9,10). The average Bonchev–Trinajstić information content (AvgIpc) is 2.47. The fraction of sp³-hybridized carbons (Fsp3) is 0.750. The molecule has 1 heterocycles. The van der Waals surface area contributed by atoms with E-state index < -0.39 is 11.9 Å². The highest BCUT2D eigenvalue weighted by Crippen LogP contribution is 2.31. The third-order valence-corrected chi connectivity index (χ3v) is 2.60. The van der Waals surface area contributed by atoms with Crippen molar-refractivity contribution in [3.05, 3.63) is 0 Å². The summed E-state index contributed by atoms with van der Waals surface area (Å²) in [7, 11) is 0. The van der Waals surface area contributed by atoms with Crippen LogP contribution in [0.25, 0.3) is 0 Å². The third-order valence-electron chi connectivity index (χ3n) is 2.60. The number of amides is 1. The number of ether oxygens (including phenoxy) is 1. The van der Waals surface area contributed by atoms with Gasteiger partial charge in [-0.3, -0.25) is 4.79 Å². The minimum atomic E-state index is -0.743. The van der Waals surface area contributed by atoms with Gasteiger partial charge in [0, 0.05) is 0 Å². The van der Waals surface area contributed by atoms with Gasteiger partial charge in [-0.2, -0.15) is 0 Å². The van der Waals surface area contributed by atoms with Gasteiger partial charge in [-0.15, -0.1) is 0 Å². The molecule has 0 bridgehead atoms. The van der Waals surface area contributed by atoms with Crippen molar-refractivity contribution in [2.24, 2.45) is 0 Å². The highest BCUT2D eigenvalue weighted by molar-refractivity contribution is 6.33. The normalized spacial score (nSPS) is 27.0. The Morgan fingerprint density at radius 1 is 1.25 bits per heavy atom. The van der Waals surface area contributed by atoms with Crippen molar-refractivity contribution >= 4 is 11.9 Å². The van der Waals surface area contributed by atoms with Gasteiger partial charge < -0.3 is 10.1 Å². The maximum absolute atomic E-state index is 11.0. The molecule has 1 saturated carbocycles. The number of carbonyl (C=O) groups is 2. The number of carbonyl (C=O) groups excluding carboxylic acids is 2. The van der Waals surface area contributed by atoms with Crippen LogP contribution in [0.3, 0.4) is 0 Å². The third kappa shape index (κ3) is 1.07. The number of rotatable bonds is 0. The van der Waals surface area contributed by atoms with E-state index in [4.69, 9.17) is 4.74 Å². The number of nitrogens with one attached hydrogen (secondary N) is 1. The lowest BCUT2D eigenvalue weighted by atomic mass is 9.98. The van der Waals surface area contributed by atoms with Gasteiger partial charge in [0.2, 0.25) is 0 Å². The zero-order valence-corrected chi connectivity index (χ0v) is 6.76. The SMILES string of the molecule is O=C1NC2(CCCC2)COC1=O. The van der Waals surface area contributed by atoms with E-state index in [1.54, 1.807) is 0 Å². The number of cyclic esters (lactones) is 1. The Bertz CT molecular complexity index is 230. The van der Waals surface area contributed by atoms with E-state index in [0.29, 0.717) is 6.61 Å². The smallest absolute Gasteiger partial charge is 0.396 e. The monoisotopic (exact) mass is 169 g/mol. The summed E-state index contributed by atoms with van der Waals surface area (Å²) in [4.78, 5) is 21.7. The first-order valence-corrected chi connectivity index (χ1v) is 4.21. The van der Waals surface area contributed by atoms with Crippen LogP contribution in [0.15, 0.2) is 0 Å². The van der Waals surface area contributed by atoms with Crippen molar-refractivity contribution in [3.8, 4) is 0 Å². The van der Waals surface area contributed by atoms with Crippen LogP contribution in [0.5, 0.6) is 0 Å². The van der Waals surface area contributed by atoms with Crippen LogP contribution in [0, 0.1) is 0 Å². The summed E-state index contributed by atoms with van der Waals surface area (Å²) in [5.74, 6) is -1.32. The minimum absolute atomic E-state index is 0.217. The topological polar surface area (TPSA) is 55.4 Å². The molecular formula is C8H11NO3. The summed E-state index contributed by atoms with van der Waals surface area (Å²) in [6.07, 6.45) is 4.09. The Morgan fingerprint density at radius 3 is 2.50 bits per heavy atom. The Kier molecular flexibility index (Phi) is 1.56. The number of morpholine rings is 1. The van der Waals surface area contributed by atoms with Crippen molar-refractivity contribution in [3.63, 3.8) is 0 Å². The summed E-state index contributed by atoms with van der Waals surface area (Å²) >= 11 is 0. The van der Waals surface area contributed by atoms with Gasteiger partial charge in [0.1, 0.15) is 6.61 Å². The van der Waals surface area contributed by atoms with Gasteiger partial charge in [0.25, 0.3) is 0 Å². The number of hydrogen-bond donors (Lipinski definition) is 1. The molecule has 0 unspecified atom stereocenters. The average molecular weight is 169 g/mol. The van der Waals surface area contributed by atoms with Crippen LogP contribution in [0.2, 0.25) is 0 Å². The molecule has 1 amide bonds. The van der Waals surface area contributed by atoms with Crippen molar-refractivity contribution < 1.29 is 14.3 Å². The molecule has 0 radical (unpaired) electrons. The van der Waals surface area contributed by atoms with Crippen LogP contribution in [-0.2, 0) is 14.3 Å². The van der Waals surface area contributed by atoms with E-state index in [1.165, 1.54) is 0 Å². The lowest BCUT2D eigenvalue weighted by Crippen LogP contribution is -2.57. The molecule has 66 valence electrons. The maximum Gasteiger partial charge on any atom is 0.396 e. The minimum Gasteiger partial charge on any atom is -0.456 e. The molecule has 2 fully saturated rings. The lowest BCUT2D eigenvalue weighted by Gasteiger charge is -2.32. The van der Waals surface area contributed by atoms with Gasteiger partial charge in [0.05, 0.1) is 5.54 Å². The van der Waals surface area contributed by atoms with Crippen LogP contribution in [-0.4, -0.2) is 24.0 Å². The molecule has 0 aromatic carbocycles. The second-order valence-corrected chi connectivity index (χ2v) is 3.52. The maximum atomic E-state index is 11.0. The van der Waals surface area contributed by atoms with E-state index in [-0.39, 0.29) is 5.54 Å². The fourth-order valence-electron chi connectivity index (χ4n) is 1.92. The fourth-order valence-corrected chi connectivity index (χ4v) is 1.92. The van der Waals surface area contributed by atoms with Crippen LogP contribution in [0.1, 0.15) is 25.7 Å². The molecular weight excluding hydrogens is 158 g/mol. The van der Waals surface area contributed by atoms with Gasteiger partial charge in [-0.05, 0) is 12.8 Å². The first-order chi connectivity index (χ1) is 5.72. The predicted octanol–water partition coefficient (Wildman–Crippen LogP) is -0.0278. The van der Waals surface area contributed by atoms with E-state index in [1.807, 2.05) is 0 Å². The summed E-state index contributed by atoms with van der Waals surface area (Å²) in [6, 6.07) is 0. The molecule has 0 aromatic heterocycles. The predicted molar refractivity (Wildman–Crippen MR) is 40.3 cm³/mol. The molecule has 1 aliphatic heterocycles. The summed E-state index contributed by atoms with van der Waals surface area (Å²) < 4.78 is 4.78. The zero-order valence-electron chi connectivity index (χ0n) is 6.76. The molecule has 1 aliphatic carbocycles. The molecule has 1 N–H and O–H groups in total. The van der Waals surface area contributed by atoms with Crippen LogP contribution >= 0.6 is 0 Å². The molecule has 12 heavy (non-hydrogen) atoms. The quantitative estimate of drug-likeness (QED) is 0.409. The van der Waals surface area contributed by atoms with Crippen LogP contribution in [0.4, 0.5) is 0 Å². The molecule has 4 heteroatoms. The molecule has 0 atom stereocenters. The molecule has 2 rings (SSSR count). The van der Waals surface area contributed by atoms with Crippen molar-refractivity contribution in [1.29, 1.82) is 0 Å². The zero-order chi connectivity index (χ0) is 8.60. The largest absolute Gasteiger partial charge is 0.456 e. The van der Waals surface area contributed by atoms with E-state index >= 15 is 0 Å². The number of esters is 1. The Labute approximate surface area is 70.3 Å². The Hall–Kier alpha value is -1.06. The first kappa shape index (κ1) is 7.58. The Morgan fingerprint density at radius 2 is 1.92 bits per heavy atom. The second-order valence-electron chi connectivity index (χ2n) is 3.52. The van der Waals surface area contributed by atoms with Gasteiger partial charge >= 0.3 is 11.9 Å². The summed E-state index contributed by atoms with van der Waals surface area (Å²) in [5, 5.41) is 2.73. The molecule has 0 aromatic rings. The lowest BCUT2D eigenvalue weighted by molar-refractivity contribution is -0.163. The number of hydrogen-bond acceptors (Lipinski definition) is 3. The van der Waals surface area contributed by atoms with Gasteiger partial charge in [-0.25, -0.2) is 4.79 Å². The highest BCUT2D eigenvalue weighted by atomic mass is 16.5. The molecule has 2 aliphatic rings. The van der Waals surface area contributed by atoms with Gasteiger partial charge in [-0.1, -0.05) is 12.8 Å². The summed E-state index contributed by atoms with van der Waals surface area (Å²) in [6.45, 7) is 0.359. The molecule has 1 saturated heterocycles. The molecule has 4 nitrogen and oxygen atoms in total. The first-order valence-electron chi connectivity index (χ1n) is 4.21. The van der Waals surface area contributed by atoms with Crippen molar-refractivity contribution in [1.82, 2.24) is 5.32 Å². The van der Waals surface area contributed by atoms with E-state index in [9.17, 15) is 9.59 Å². The molecule has 1 spiro atoms. The van der Waals surface area contributed by atoms with E-state index in [2.05, 4.69) is 5.32 Å². The Balaban J connectivity index is 2.10. The van der Waals surface area contributed by atoms with E-state index in [0.717, 1.165) is 25.7 Å². The van der Waals surface area contributed by atoms with Crippen molar-refractivity contribution in [2.45, 2.75) is 31.2 Å². The highest BCUT2D eigenvalue weighted by Gasteiger charge is 2.42. The van der Waals surface area contributed by atoms with Gasteiger partial charge in [0.15, 0.2) is 0 Å². The second kappa shape index (κ2) is 2.47.